The molecule has 0 aromatic carbocycles. The number of anilines is 1. The highest BCUT2D eigenvalue weighted by Gasteiger charge is 2.18. The van der Waals surface area contributed by atoms with Crippen molar-refractivity contribution in [2.45, 2.75) is 20.3 Å². The molecule has 0 saturated heterocycles. The normalized spacial score (nSPS) is 14.8. The number of aryl methyl sites for hydroxylation is 2. The van der Waals surface area contributed by atoms with Gasteiger partial charge in [0.1, 0.15) is 17.0 Å². The number of methoxy groups -OCH3 is 1. The van der Waals surface area contributed by atoms with Crippen molar-refractivity contribution in [3.8, 4) is 5.88 Å². The number of ether oxygens (including phenoxy) is 1. The first-order valence-electron chi connectivity index (χ1n) is 6.79. The summed E-state index contributed by atoms with van der Waals surface area (Å²) in [5, 5.41) is 0.902. The summed E-state index contributed by atoms with van der Waals surface area (Å²) in [5.74, 6) is 2.29. The van der Waals surface area contributed by atoms with Gasteiger partial charge in [-0.2, -0.15) is 0 Å². The minimum Gasteiger partial charge on any atom is -0.480 e. The molecular weight excluding hydrogens is 252 g/mol. The Kier molecular flexibility index (Phi) is 3.26. The number of hydrogen-bond donors (Lipinski definition) is 0. The molecule has 0 unspecified atom stereocenters. The van der Waals surface area contributed by atoms with Crippen LogP contribution in [0.25, 0.3) is 10.9 Å². The number of aromatic nitrogens is 3. The van der Waals surface area contributed by atoms with Crippen LogP contribution < -0.4 is 9.64 Å². The monoisotopic (exact) mass is 270 g/mol. The zero-order chi connectivity index (χ0) is 14.1. The average Bonchev–Trinajstić information content (AvgIpc) is 2.46. The summed E-state index contributed by atoms with van der Waals surface area (Å²) in [5.41, 5.74) is 1.79. The molecule has 3 rings (SSSR count). The molecule has 1 aliphatic rings. The fraction of sp³-hybridized carbons (Fsp3) is 0.400. The van der Waals surface area contributed by atoms with E-state index < -0.39 is 0 Å². The molecule has 0 atom stereocenters. The Hall–Kier alpha value is -2.17. The van der Waals surface area contributed by atoms with Crippen molar-refractivity contribution in [2.75, 3.05) is 25.1 Å². The molecule has 104 valence electrons. The summed E-state index contributed by atoms with van der Waals surface area (Å²) in [6.07, 6.45) is 5.40. The first-order chi connectivity index (χ1) is 9.69. The van der Waals surface area contributed by atoms with Crippen LogP contribution in [-0.4, -0.2) is 35.2 Å². The number of hydrogen-bond acceptors (Lipinski definition) is 5. The molecule has 1 aliphatic heterocycles. The smallest absolute Gasteiger partial charge is 0.226 e. The molecule has 0 spiro atoms. The van der Waals surface area contributed by atoms with Gasteiger partial charge in [0.05, 0.1) is 12.6 Å². The molecule has 0 N–H and O–H groups in total. The van der Waals surface area contributed by atoms with Gasteiger partial charge >= 0.3 is 0 Å². The van der Waals surface area contributed by atoms with E-state index in [0.717, 1.165) is 47.7 Å². The van der Waals surface area contributed by atoms with Crippen LogP contribution in [0.5, 0.6) is 5.88 Å². The van der Waals surface area contributed by atoms with Crippen molar-refractivity contribution >= 4 is 16.7 Å². The van der Waals surface area contributed by atoms with Crippen molar-refractivity contribution in [1.82, 2.24) is 15.0 Å². The largest absolute Gasteiger partial charge is 0.480 e. The maximum absolute atomic E-state index is 5.44. The predicted octanol–water partition coefficient (Wildman–Crippen LogP) is 2.42. The lowest BCUT2D eigenvalue weighted by Gasteiger charge is -2.26. The van der Waals surface area contributed by atoms with E-state index in [1.165, 1.54) is 0 Å². The fourth-order valence-electron chi connectivity index (χ4n) is 2.54. The molecule has 0 fully saturated rings. The van der Waals surface area contributed by atoms with Crippen molar-refractivity contribution in [3.05, 3.63) is 29.7 Å². The van der Waals surface area contributed by atoms with E-state index in [1.54, 1.807) is 7.11 Å². The third kappa shape index (κ3) is 2.19. The summed E-state index contributed by atoms with van der Waals surface area (Å²) in [6.45, 7) is 5.69. The Morgan fingerprint density at radius 3 is 2.70 bits per heavy atom. The molecule has 5 heteroatoms. The van der Waals surface area contributed by atoms with Crippen molar-refractivity contribution < 1.29 is 4.74 Å². The highest BCUT2D eigenvalue weighted by Crippen LogP contribution is 2.32. The van der Waals surface area contributed by atoms with Gasteiger partial charge in [-0.05, 0) is 26.3 Å². The minimum atomic E-state index is 0.601. The van der Waals surface area contributed by atoms with Crippen molar-refractivity contribution in [3.63, 3.8) is 0 Å². The van der Waals surface area contributed by atoms with Crippen LogP contribution in [0.1, 0.15) is 17.9 Å². The van der Waals surface area contributed by atoms with Gasteiger partial charge in [-0.1, -0.05) is 12.2 Å². The summed E-state index contributed by atoms with van der Waals surface area (Å²) < 4.78 is 5.44. The number of pyridine rings is 1. The standard InChI is InChI=1S/C15H18N4O/c1-10-9-12-13(15(16-10)20-3)14(18-11(2)17-12)19-7-5-4-6-8-19/h4-5,9H,6-8H2,1-3H3. The second-order valence-electron chi connectivity index (χ2n) is 4.97. The topological polar surface area (TPSA) is 51.1 Å². The summed E-state index contributed by atoms with van der Waals surface area (Å²) in [7, 11) is 1.64. The van der Waals surface area contributed by atoms with Crippen molar-refractivity contribution in [1.29, 1.82) is 0 Å². The van der Waals surface area contributed by atoms with Crippen LogP contribution in [0.3, 0.4) is 0 Å². The van der Waals surface area contributed by atoms with E-state index in [0.29, 0.717) is 5.88 Å². The third-order valence-electron chi connectivity index (χ3n) is 3.42. The lowest BCUT2D eigenvalue weighted by molar-refractivity contribution is 0.402. The van der Waals surface area contributed by atoms with E-state index in [2.05, 4.69) is 32.0 Å². The highest BCUT2D eigenvalue weighted by molar-refractivity contribution is 5.94. The van der Waals surface area contributed by atoms with Crippen LogP contribution in [0.2, 0.25) is 0 Å². The molecule has 3 heterocycles. The summed E-state index contributed by atoms with van der Waals surface area (Å²) in [4.78, 5) is 15.9. The first kappa shape index (κ1) is 12.8. The van der Waals surface area contributed by atoms with Gasteiger partial charge in [-0.3, -0.25) is 0 Å². The van der Waals surface area contributed by atoms with E-state index in [4.69, 9.17) is 4.74 Å². The molecule has 2 aromatic rings. The van der Waals surface area contributed by atoms with Crippen LogP contribution in [-0.2, 0) is 0 Å². The van der Waals surface area contributed by atoms with Gasteiger partial charge in [-0.25, -0.2) is 15.0 Å². The average molecular weight is 270 g/mol. The predicted molar refractivity (Wildman–Crippen MR) is 79.3 cm³/mol. The molecule has 0 aliphatic carbocycles. The number of fused-ring (bicyclic) bond motifs is 1. The molecule has 2 aromatic heterocycles. The molecule has 0 saturated carbocycles. The summed E-state index contributed by atoms with van der Waals surface area (Å²) >= 11 is 0. The van der Waals surface area contributed by atoms with Gasteiger partial charge in [0, 0.05) is 18.8 Å². The Morgan fingerprint density at radius 2 is 2.00 bits per heavy atom. The second-order valence-corrected chi connectivity index (χ2v) is 4.97. The second kappa shape index (κ2) is 5.07. The first-order valence-corrected chi connectivity index (χ1v) is 6.79. The maximum atomic E-state index is 5.44. The minimum absolute atomic E-state index is 0.601. The zero-order valence-corrected chi connectivity index (χ0v) is 12.1. The van der Waals surface area contributed by atoms with Crippen LogP contribution in [0, 0.1) is 13.8 Å². The lowest BCUT2D eigenvalue weighted by Crippen LogP contribution is -2.28. The Morgan fingerprint density at radius 1 is 1.15 bits per heavy atom. The molecular formula is C15H18N4O. The van der Waals surface area contributed by atoms with E-state index in [9.17, 15) is 0 Å². The molecule has 20 heavy (non-hydrogen) atoms. The quantitative estimate of drug-likeness (QED) is 0.784. The maximum Gasteiger partial charge on any atom is 0.226 e. The lowest BCUT2D eigenvalue weighted by atomic mass is 10.2. The molecule has 5 nitrogen and oxygen atoms in total. The van der Waals surface area contributed by atoms with Gasteiger partial charge < -0.3 is 9.64 Å². The Bertz CT molecular complexity index is 676. The fourth-order valence-corrected chi connectivity index (χ4v) is 2.54. The molecule has 0 bridgehead atoms. The molecule has 0 radical (unpaired) electrons. The van der Waals surface area contributed by atoms with Crippen LogP contribution in [0.15, 0.2) is 18.2 Å². The van der Waals surface area contributed by atoms with Gasteiger partial charge in [0.15, 0.2) is 0 Å². The van der Waals surface area contributed by atoms with E-state index in [1.807, 2.05) is 19.9 Å². The zero-order valence-electron chi connectivity index (χ0n) is 12.1. The number of rotatable bonds is 2. The van der Waals surface area contributed by atoms with Crippen molar-refractivity contribution in [2.24, 2.45) is 0 Å². The third-order valence-corrected chi connectivity index (χ3v) is 3.42. The number of nitrogens with zero attached hydrogens (tertiary/aromatic N) is 4. The summed E-state index contributed by atoms with van der Waals surface area (Å²) in [6, 6.07) is 1.98. The Labute approximate surface area is 118 Å². The van der Waals surface area contributed by atoms with E-state index >= 15 is 0 Å². The van der Waals surface area contributed by atoms with E-state index in [-0.39, 0.29) is 0 Å². The van der Waals surface area contributed by atoms with Gasteiger partial charge in [-0.15, -0.1) is 0 Å². The van der Waals surface area contributed by atoms with Gasteiger partial charge in [0.25, 0.3) is 0 Å². The molecule has 0 amide bonds. The van der Waals surface area contributed by atoms with Crippen LogP contribution in [0.4, 0.5) is 5.82 Å². The highest BCUT2D eigenvalue weighted by atomic mass is 16.5. The van der Waals surface area contributed by atoms with Crippen LogP contribution >= 0.6 is 0 Å². The SMILES string of the molecule is COc1nc(C)cc2nc(C)nc(N3CC=CCC3)c12. The van der Waals surface area contributed by atoms with Gasteiger partial charge in [0.2, 0.25) is 5.88 Å². The Balaban J connectivity index is 2.26.